The topological polar surface area (TPSA) is 54.4 Å². The summed E-state index contributed by atoms with van der Waals surface area (Å²) >= 11 is 3.14. The third-order valence-corrected chi connectivity index (χ3v) is 5.01. The van der Waals surface area contributed by atoms with Crippen LogP contribution in [0.5, 0.6) is 0 Å². The van der Waals surface area contributed by atoms with Gasteiger partial charge in [0.15, 0.2) is 5.13 Å². The van der Waals surface area contributed by atoms with Crippen molar-refractivity contribution < 1.29 is 4.79 Å². The minimum atomic E-state index is -0.104. The van der Waals surface area contributed by atoms with Crippen LogP contribution in [0.3, 0.4) is 0 Å². The van der Waals surface area contributed by atoms with Gasteiger partial charge < -0.3 is 5.32 Å². The number of hydrogen-bond donors (Lipinski definition) is 1. The molecule has 0 atom stereocenters. The normalized spacial score (nSPS) is 15.3. The monoisotopic (exact) mass is 319 g/mol. The summed E-state index contributed by atoms with van der Waals surface area (Å²) in [5.41, 5.74) is 2.96. The predicted octanol–water partition coefficient (Wildman–Crippen LogP) is 3.46. The summed E-state index contributed by atoms with van der Waals surface area (Å²) in [6, 6.07) is 0. The van der Waals surface area contributed by atoms with E-state index >= 15 is 0 Å². The van der Waals surface area contributed by atoms with E-state index in [2.05, 4.69) is 36.1 Å². The van der Waals surface area contributed by atoms with E-state index in [1.54, 1.807) is 18.0 Å². The van der Waals surface area contributed by atoms with E-state index < -0.39 is 0 Å². The van der Waals surface area contributed by atoms with Gasteiger partial charge in [-0.15, -0.1) is 11.8 Å². The maximum Gasteiger partial charge on any atom is 0.223 e. The number of thiazole rings is 1. The Labute approximate surface area is 134 Å². The molecule has 0 spiro atoms. The molecule has 1 aromatic heterocycles. The van der Waals surface area contributed by atoms with Crippen LogP contribution in [0.4, 0.5) is 5.13 Å². The highest BCUT2D eigenvalue weighted by Crippen LogP contribution is 2.35. The smallest absolute Gasteiger partial charge is 0.223 e. The molecule has 21 heavy (non-hydrogen) atoms. The Hall–Kier alpha value is -1.08. The van der Waals surface area contributed by atoms with Crippen LogP contribution in [0.2, 0.25) is 0 Å². The second-order valence-electron chi connectivity index (χ2n) is 5.93. The Morgan fingerprint density at radius 2 is 2.24 bits per heavy atom. The van der Waals surface area contributed by atoms with E-state index in [1.807, 2.05) is 0 Å². The average molecular weight is 319 g/mol. The highest BCUT2D eigenvalue weighted by atomic mass is 32.2. The van der Waals surface area contributed by atoms with Crippen molar-refractivity contribution in [1.29, 1.82) is 0 Å². The summed E-state index contributed by atoms with van der Waals surface area (Å²) in [5, 5.41) is 3.31. The number of hydrogen-bond acceptors (Lipinski definition) is 5. The van der Waals surface area contributed by atoms with Gasteiger partial charge in [0.2, 0.25) is 5.91 Å². The maximum absolute atomic E-state index is 11.0. The Kier molecular flexibility index (Phi) is 4.93. The van der Waals surface area contributed by atoms with Crippen LogP contribution in [0.25, 0.3) is 0 Å². The van der Waals surface area contributed by atoms with Crippen molar-refractivity contribution in [1.82, 2.24) is 4.98 Å². The first-order valence-electron chi connectivity index (χ1n) is 6.67. The van der Waals surface area contributed by atoms with Gasteiger partial charge in [0.25, 0.3) is 0 Å². The van der Waals surface area contributed by atoms with Gasteiger partial charge in [-0.3, -0.25) is 9.79 Å². The standard InChI is InChI=1S/C14H18BN3OS2/c1-8(19)17-13-16-6-11(21-13)20-7-9-5-10(15)12(18-9)14(2,3)4/h6H,5,7H2,1-4H3,(H,16,17,19). The number of anilines is 1. The third-order valence-electron chi connectivity index (χ3n) is 2.83. The fraction of sp³-hybridized carbons (Fsp3) is 0.500. The molecule has 110 valence electrons. The lowest BCUT2D eigenvalue weighted by Crippen LogP contribution is -2.08. The second-order valence-corrected chi connectivity index (χ2v) is 8.24. The predicted molar refractivity (Wildman–Crippen MR) is 91.4 cm³/mol. The summed E-state index contributed by atoms with van der Waals surface area (Å²) in [6.45, 7) is 7.84. The van der Waals surface area contributed by atoms with E-state index in [4.69, 9.17) is 7.85 Å². The van der Waals surface area contributed by atoms with Crippen LogP contribution in [-0.2, 0) is 4.79 Å². The Balaban J connectivity index is 1.93. The van der Waals surface area contributed by atoms with Crippen LogP contribution in [0.1, 0.15) is 34.1 Å². The van der Waals surface area contributed by atoms with Gasteiger partial charge in [0.1, 0.15) is 7.85 Å². The number of amides is 1. The molecule has 0 aromatic carbocycles. The Morgan fingerprint density at radius 3 is 2.81 bits per heavy atom. The number of allylic oxidation sites excluding steroid dienone is 2. The number of nitrogens with zero attached hydrogens (tertiary/aromatic N) is 2. The fourth-order valence-corrected chi connectivity index (χ4v) is 3.84. The molecule has 1 aromatic rings. The van der Waals surface area contributed by atoms with Crippen LogP contribution in [0, 0.1) is 5.41 Å². The second kappa shape index (κ2) is 6.36. The Bertz CT molecular complexity index is 614. The summed E-state index contributed by atoms with van der Waals surface area (Å²) in [4.78, 5) is 19.8. The molecular formula is C14H18BN3OS2. The summed E-state index contributed by atoms with van der Waals surface area (Å²) in [5.74, 6) is 0.690. The number of carbonyl (C=O) groups is 1. The SMILES string of the molecule is [B]C1=C(C(C)(C)C)N=C(CSc2cnc(NC(C)=O)s2)C1. The van der Waals surface area contributed by atoms with Crippen molar-refractivity contribution in [3.8, 4) is 0 Å². The van der Waals surface area contributed by atoms with Crippen molar-refractivity contribution in [2.45, 2.75) is 38.3 Å². The van der Waals surface area contributed by atoms with Crippen LogP contribution >= 0.6 is 23.1 Å². The van der Waals surface area contributed by atoms with E-state index in [9.17, 15) is 4.79 Å². The molecule has 2 heterocycles. The van der Waals surface area contributed by atoms with Gasteiger partial charge in [-0.1, -0.05) is 37.6 Å². The molecular weight excluding hydrogens is 301 g/mol. The summed E-state index contributed by atoms with van der Waals surface area (Å²) in [7, 11) is 6.08. The van der Waals surface area contributed by atoms with Gasteiger partial charge >= 0.3 is 0 Å². The molecule has 2 rings (SSSR count). The van der Waals surface area contributed by atoms with Crippen molar-refractivity contribution in [2.24, 2.45) is 10.4 Å². The largest absolute Gasteiger partial charge is 0.302 e. The lowest BCUT2D eigenvalue weighted by molar-refractivity contribution is -0.114. The summed E-state index contributed by atoms with van der Waals surface area (Å²) in [6.07, 6.45) is 2.52. The first-order valence-corrected chi connectivity index (χ1v) is 8.47. The van der Waals surface area contributed by atoms with Crippen molar-refractivity contribution in [2.75, 3.05) is 11.1 Å². The lowest BCUT2D eigenvalue weighted by atomic mass is 9.82. The number of carbonyl (C=O) groups excluding carboxylic acids is 1. The van der Waals surface area contributed by atoms with E-state index in [0.717, 1.165) is 33.3 Å². The van der Waals surface area contributed by atoms with Crippen molar-refractivity contribution >= 4 is 47.7 Å². The molecule has 1 aliphatic rings. The molecule has 1 N–H and O–H groups in total. The quantitative estimate of drug-likeness (QED) is 0.683. The van der Waals surface area contributed by atoms with E-state index in [0.29, 0.717) is 5.13 Å². The lowest BCUT2D eigenvalue weighted by Gasteiger charge is -2.19. The molecule has 0 saturated heterocycles. The van der Waals surface area contributed by atoms with Crippen molar-refractivity contribution in [3.63, 3.8) is 0 Å². The average Bonchev–Trinajstić information content (AvgIpc) is 2.91. The van der Waals surface area contributed by atoms with Crippen LogP contribution in [0.15, 0.2) is 26.6 Å². The van der Waals surface area contributed by atoms with Gasteiger partial charge in [-0.05, 0) is 0 Å². The maximum atomic E-state index is 11.0. The zero-order chi connectivity index (χ0) is 15.6. The van der Waals surface area contributed by atoms with Gasteiger partial charge in [0.05, 0.1) is 10.4 Å². The number of nitrogens with one attached hydrogen (secondary N) is 1. The van der Waals surface area contributed by atoms with E-state index in [-0.39, 0.29) is 11.3 Å². The van der Waals surface area contributed by atoms with Gasteiger partial charge in [-0.2, -0.15) is 0 Å². The number of aromatic nitrogens is 1. The number of aliphatic imine (C=N–C) groups is 1. The van der Waals surface area contributed by atoms with Crippen LogP contribution < -0.4 is 5.32 Å². The highest BCUT2D eigenvalue weighted by molar-refractivity contribution is 8.01. The van der Waals surface area contributed by atoms with Crippen LogP contribution in [-0.4, -0.2) is 30.2 Å². The minimum Gasteiger partial charge on any atom is -0.302 e. The first kappa shape index (κ1) is 16.3. The zero-order valence-corrected chi connectivity index (χ0v) is 14.3. The van der Waals surface area contributed by atoms with Gasteiger partial charge in [0, 0.05) is 35.9 Å². The molecule has 2 radical (unpaired) electrons. The number of rotatable bonds is 4. The Morgan fingerprint density at radius 1 is 1.52 bits per heavy atom. The molecule has 1 amide bonds. The molecule has 0 unspecified atom stereocenters. The van der Waals surface area contributed by atoms with Gasteiger partial charge in [-0.25, -0.2) is 4.98 Å². The molecule has 1 aliphatic heterocycles. The highest BCUT2D eigenvalue weighted by Gasteiger charge is 2.24. The third kappa shape index (κ3) is 4.44. The molecule has 0 bridgehead atoms. The van der Waals surface area contributed by atoms with Crippen molar-refractivity contribution in [3.05, 3.63) is 17.4 Å². The molecule has 0 fully saturated rings. The molecule has 7 heteroatoms. The minimum absolute atomic E-state index is 0.0143. The zero-order valence-electron chi connectivity index (χ0n) is 12.7. The first-order chi connectivity index (χ1) is 9.75. The molecule has 0 aliphatic carbocycles. The number of thioether (sulfide) groups is 1. The summed E-state index contributed by atoms with van der Waals surface area (Å²) < 4.78 is 1.06. The molecule has 4 nitrogen and oxygen atoms in total. The van der Waals surface area contributed by atoms with E-state index in [1.165, 1.54) is 18.3 Å². The molecule has 0 saturated carbocycles. The fourth-order valence-electron chi connectivity index (χ4n) is 1.99.